The average Bonchev–Trinajstić information content (AvgIpc) is 3.12. The zero-order valence-corrected chi connectivity index (χ0v) is 15.8. The van der Waals surface area contributed by atoms with Crippen molar-refractivity contribution in [2.45, 2.75) is 71.0 Å². The van der Waals surface area contributed by atoms with Crippen LogP contribution in [0.1, 0.15) is 52.9 Å². The predicted octanol–water partition coefficient (Wildman–Crippen LogP) is 2.38. The fourth-order valence-corrected chi connectivity index (χ4v) is 4.98. The molecule has 0 spiro atoms. The molecular weight excluding hydrogens is 300 g/mol. The molecule has 0 unspecified atom stereocenters. The van der Waals surface area contributed by atoms with E-state index in [1.54, 1.807) is 0 Å². The van der Waals surface area contributed by atoms with Crippen LogP contribution in [0.2, 0.25) is 0 Å². The van der Waals surface area contributed by atoms with E-state index in [1.165, 1.54) is 38.8 Å². The smallest absolute Gasteiger partial charge is 0.317 e. The normalized spacial score (nSPS) is 29.9. The summed E-state index contributed by atoms with van der Waals surface area (Å²) >= 11 is 0. The molecule has 0 aliphatic carbocycles. The van der Waals surface area contributed by atoms with E-state index in [0.29, 0.717) is 24.0 Å². The van der Waals surface area contributed by atoms with Crippen molar-refractivity contribution in [3.63, 3.8) is 0 Å². The largest absolute Gasteiger partial charge is 0.338 e. The molecule has 2 bridgehead atoms. The molecule has 3 heterocycles. The van der Waals surface area contributed by atoms with Gasteiger partial charge in [0.1, 0.15) is 0 Å². The minimum absolute atomic E-state index is 0.152. The van der Waals surface area contributed by atoms with Gasteiger partial charge in [0.15, 0.2) is 0 Å². The van der Waals surface area contributed by atoms with Crippen molar-refractivity contribution < 1.29 is 4.79 Å². The first-order valence-corrected chi connectivity index (χ1v) is 10.1. The second-order valence-electron chi connectivity index (χ2n) is 8.46. The first kappa shape index (κ1) is 18.0. The van der Waals surface area contributed by atoms with E-state index in [1.807, 2.05) is 0 Å². The number of rotatable bonds is 5. The highest BCUT2D eigenvalue weighted by atomic mass is 16.2. The number of carbonyl (C=O) groups excluding carboxylic acids is 1. The Bertz CT molecular complexity index is 422. The maximum atomic E-state index is 12.6. The average molecular weight is 337 g/mol. The fourth-order valence-electron chi connectivity index (χ4n) is 4.98. The number of hydrogen-bond acceptors (Lipinski definition) is 3. The summed E-state index contributed by atoms with van der Waals surface area (Å²) in [5.74, 6) is 0.530. The highest BCUT2D eigenvalue weighted by Gasteiger charge is 2.39. The molecule has 0 aromatic heterocycles. The van der Waals surface area contributed by atoms with E-state index < -0.39 is 0 Å². The summed E-state index contributed by atoms with van der Waals surface area (Å²) in [5, 5.41) is 3.20. The lowest BCUT2D eigenvalue weighted by Gasteiger charge is -2.32. The topological polar surface area (TPSA) is 38.8 Å². The lowest BCUT2D eigenvalue weighted by molar-refractivity contribution is 0.146. The van der Waals surface area contributed by atoms with Gasteiger partial charge in [-0.25, -0.2) is 4.79 Å². The van der Waals surface area contributed by atoms with Crippen molar-refractivity contribution in [1.29, 1.82) is 0 Å². The van der Waals surface area contributed by atoms with E-state index in [0.717, 1.165) is 32.6 Å². The molecule has 1 N–H and O–H groups in total. The van der Waals surface area contributed by atoms with Crippen LogP contribution in [0, 0.1) is 5.92 Å². The van der Waals surface area contributed by atoms with Crippen LogP contribution < -0.4 is 5.32 Å². The summed E-state index contributed by atoms with van der Waals surface area (Å²) in [6.07, 6.45) is 6.36. The van der Waals surface area contributed by atoms with Crippen molar-refractivity contribution in [3.8, 4) is 0 Å². The third kappa shape index (κ3) is 4.23. The molecule has 0 radical (unpaired) electrons. The van der Waals surface area contributed by atoms with Gasteiger partial charge in [0.05, 0.1) is 0 Å². The summed E-state index contributed by atoms with van der Waals surface area (Å²) < 4.78 is 0. The maximum absolute atomic E-state index is 12.6. The molecule has 5 nitrogen and oxygen atoms in total. The SMILES string of the molecule is CC(C)N1[C@@H]2CC[C@H]1CN(C(=O)NC[C@@H](C)CN1CCCC1)CC2. The second kappa shape index (κ2) is 8.05. The number of urea groups is 1. The van der Waals surface area contributed by atoms with Crippen LogP contribution in [-0.4, -0.2) is 78.1 Å². The number of nitrogens with one attached hydrogen (secondary N) is 1. The molecule has 24 heavy (non-hydrogen) atoms. The van der Waals surface area contributed by atoms with Crippen molar-refractivity contribution in [3.05, 3.63) is 0 Å². The van der Waals surface area contributed by atoms with E-state index >= 15 is 0 Å². The number of nitrogens with zero attached hydrogens (tertiary/aromatic N) is 3. The second-order valence-corrected chi connectivity index (χ2v) is 8.46. The lowest BCUT2D eigenvalue weighted by atomic mass is 10.1. The minimum atomic E-state index is 0.152. The molecule has 3 saturated heterocycles. The van der Waals surface area contributed by atoms with Gasteiger partial charge in [-0.05, 0) is 65.0 Å². The number of carbonyl (C=O) groups is 1. The van der Waals surface area contributed by atoms with Gasteiger partial charge in [-0.1, -0.05) is 6.92 Å². The quantitative estimate of drug-likeness (QED) is 0.838. The van der Waals surface area contributed by atoms with Gasteiger partial charge < -0.3 is 15.1 Å². The van der Waals surface area contributed by atoms with Crippen molar-refractivity contribution in [1.82, 2.24) is 20.0 Å². The van der Waals surface area contributed by atoms with Gasteiger partial charge in [-0.3, -0.25) is 4.90 Å². The van der Waals surface area contributed by atoms with Gasteiger partial charge in [0.2, 0.25) is 0 Å². The third-order valence-corrected chi connectivity index (χ3v) is 6.09. The van der Waals surface area contributed by atoms with Crippen LogP contribution in [0.5, 0.6) is 0 Å². The summed E-state index contributed by atoms with van der Waals surface area (Å²) in [4.78, 5) is 19.9. The molecule has 3 aliphatic heterocycles. The summed E-state index contributed by atoms with van der Waals surface area (Å²) in [7, 11) is 0. The Morgan fingerprint density at radius 2 is 1.75 bits per heavy atom. The Morgan fingerprint density at radius 1 is 1.04 bits per heavy atom. The van der Waals surface area contributed by atoms with Crippen molar-refractivity contribution in [2.24, 2.45) is 5.92 Å². The molecule has 5 heteroatoms. The molecule has 138 valence electrons. The molecule has 3 rings (SSSR count). The Hall–Kier alpha value is -0.810. The van der Waals surface area contributed by atoms with E-state index in [2.05, 4.69) is 40.8 Å². The number of hydrogen-bond donors (Lipinski definition) is 1. The van der Waals surface area contributed by atoms with Crippen LogP contribution in [0.4, 0.5) is 4.79 Å². The van der Waals surface area contributed by atoms with Crippen LogP contribution in [-0.2, 0) is 0 Å². The summed E-state index contributed by atoms with van der Waals surface area (Å²) in [5.41, 5.74) is 0. The highest BCUT2D eigenvalue weighted by molar-refractivity contribution is 5.74. The number of likely N-dealkylation sites (tertiary alicyclic amines) is 2. The molecule has 3 atom stereocenters. The van der Waals surface area contributed by atoms with E-state index in [-0.39, 0.29) is 6.03 Å². The molecule has 3 fully saturated rings. The Balaban J connectivity index is 1.45. The van der Waals surface area contributed by atoms with Gasteiger partial charge in [-0.15, -0.1) is 0 Å². The van der Waals surface area contributed by atoms with Gasteiger partial charge >= 0.3 is 6.03 Å². The Labute approximate surface area is 147 Å². The third-order valence-electron chi connectivity index (χ3n) is 6.09. The maximum Gasteiger partial charge on any atom is 0.317 e. The molecule has 3 aliphatic rings. The van der Waals surface area contributed by atoms with Gasteiger partial charge in [0.25, 0.3) is 0 Å². The Morgan fingerprint density at radius 3 is 2.46 bits per heavy atom. The van der Waals surface area contributed by atoms with E-state index in [4.69, 9.17) is 0 Å². The molecule has 2 amide bonds. The standard InChI is InChI=1S/C19H36N4O/c1-15(2)23-17-6-7-18(23)14-22(11-8-17)19(24)20-12-16(3)13-21-9-4-5-10-21/h15-18H,4-14H2,1-3H3,(H,20,24)/t16-,17-,18+/m1/s1. The van der Waals surface area contributed by atoms with Crippen molar-refractivity contribution >= 4 is 6.03 Å². The van der Waals surface area contributed by atoms with Gasteiger partial charge in [-0.2, -0.15) is 0 Å². The lowest BCUT2D eigenvalue weighted by Crippen LogP contribution is -2.47. The molecule has 0 aromatic rings. The Kier molecular flexibility index (Phi) is 6.03. The summed E-state index contributed by atoms with van der Waals surface area (Å²) in [6.45, 7) is 13.0. The summed E-state index contributed by atoms with van der Waals surface area (Å²) in [6, 6.07) is 1.98. The van der Waals surface area contributed by atoms with Crippen LogP contribution in [0.25, 0.3) is 0 Å². The zero-order valence-electron chi connectivity index (χ0n) is 15.8. The number of amides is 2. The minimum Gasteiger partial charge on any atom is -0.338 e. The van der Waals surface area contributed by atoms with Crippen LogP contribution in [0.3, 0.4) is 0 Å². The first-order chi connectivity index (χ1) is 11.5. The molecule has 0 saturated carbocycles. The zero-order chi connectivity index (χ0) is 17.1. The fraction of sp³-hybridized carbons (Fsp3) is 0.947. The van der Waals surface area contributed by atoms with E-state index in [9.17, 15) is 4.79 Å². The predicted molar refractivity (Wildman–Crippen MR) is 98.2 cm³/mol. The van der Waals surface area contributed by atoms with Crippen LogP contribution >= 0.6 is 0 Å². The molecule has 0 aromatic carbocycles. The van der Waals surface area contributed by atoms with Crippen LogP contribution in [0.15, 0.2) is 0 Å². The first-order valence-electron chi connectivity index (χ1n) is 10.1. The number of fused-ring (bicyclic) bond motifs is 2. The monoisotopic (exact) mass is 336 g/mol. The molecular formula is C19H36N4O. The van der Waals surface area contributed by atoms with Crippen molar-refractivity contribution in [2.75, 3.05) is 39.3 Å². The highest BCUT2D eigenvalue weighted by Crippen LogP contribution is 2.31. The van der Waals surface area contributed by atoms with Gasteiger partial charge in [0, 0.05) is 44.3 Å².